The molecule has 0 unspecified atom stereocenters. The fourth-order valence-corrected chi connectivity index (χ4v) is 1.35. The van der Waals surface area contributed by atoms with Crippen molar-refractivity contribution in [3.8, 4) is 0 Å². The van der Waals surface area contributed by atoms with E-state index in [9.17, 15) is 9.59 Å². The van der Waals surface area contributed by atoms with Gasteiger partial charge in [-0.3, -0.25) is 9.59 Å². The third kappa shape index (κ3) is 4.41. The molecule has 0 radical (unpaired) electrons. The molecule has 18 heavy (non-hydrogen) atoms. The molecule has 0 spiro atoms. The third-order valence-corrected chi connectivity index (χ3v) is 2.47. The summed E-state index contributed by atoms with van der Waals surface area (Å²) in [5.74, 6) is -0.477. The van der Waals surface area contributed by atoms with Gasteiger partial charge in [-0.25, -0.2) is 0 Å². The number of carbonyl (C=O) groups is 2. The molecule has 1 rings (SSSR count). The first-order chi connectivity index (χ1) is 8.67. The van der Waals surface area contributed by atoms with E-state index < -0.39 is 0 Å². The lowest BCUT2D eigenvalue weighted by Crippen LogP contribution is -2.19. The molecule has 0 aromatic heterocycles. The van der Waals surface area contributed by atoms with Gasteiger partial charge in [-0.15, -0.1) is 0 Å². The second kappa shape index (κ2) is 7.27. The molecule has 0 aliphatic rings. The number of benzene rings is 1. The quantitative estimate of drug-likeness (QED) is 0.472. The molecule has 0 amide bonds. The first-order valence-electron chi connectivity index (χ1n) is 5.77. The van der Waals surface area contributed by atoms with Gasteiger partial charge in [0.05, 0.1) is 7.11 Å². The fourth-order valence-electron chi connectivity index (χ4n) is 1.35. The SMILES string of the molecule is CCc1ccc(C(=O)/C=C/NCC(=O)OC)cc1. The summed E-state index contributed by atoms with van der Waals surface area (Å²) >= 11 is 0. The van der Waals surface area contributed by atoms with Gasteiger partial charge in [-0.05, 0) is 12.0 Å². The smallest absolute Gasteiger partial charge is 0.325 e. The van der Waals surface area contributed by atoms with E-state index in [4.69, 9.17) is 0 Å². The number of carbonyl (C=O) groups excluding carboxylic acids is 2. The lowest BCUT2D eigenvalue weighted by Gasteiger charge is -2.00. The molecule has 4 nitrogen and oxygen atoms in total. The van der Waals surface area contributed by atoms with Gasteiger partial charge in [0.1, 0.15) is 6.54 Å². The molecule has 1 N–H and O–H groups in total. The molecule has 0 fully saturated rings. The molecule has 0 aliphatic carbocycles. The molecule has 0 saturated carbocycles. The van der Waals surface area contributed by atoms with Crippen molar-refractivity contribution in [1.82, 2.24) is 5.32 Å². The number of hydrogen-bond donors (Lipinski definition) is 1. The van der Waals surface area contributed by atoms with E-state index in [2.05, 4.69) is 17.0 Å². The highest BCUT2D eigenvalue weighted by Gasteiger charge is 2.01. The predicted molar refractivity (Wildman–Crippen MR) is 69.3 cm³/mol. The molecule has 0 aliphatic heterocycles. The minimum Gasteiger partial charge on any atom is -0.468 e. The normalized spacial score (nSPS) is 10.3. The predicted octanol–water partition coefficient (Wildman–Crippen LogP) is 1.71. The van der Waals surface area contributed by atoms with Crippen molar-refractivity contribution in [3.05, 3.63) is 47.7 Å². The molecular formula is C14H17NO3. The second-order valence-corrected chi connectivity index (χ2v) is 3.71. The Labute approximate surface area is 107 Å². The van der Waals surface area contributed by atoms with Crippen molar-refractivity contribution < 1.29 is 14.3 Å². The van der Waals surface area contributed by atoms with Gasteiger partial charge in [0, 0.05) is 17.8 Å². The van der Waals surface area contributed by atoms with Crippen molar-refractivity contribution >= 4 is 11.8 Å². The zero-order valence-corrected chi connectivity index (χ0v) is 10.6. The van der Waals surface area contributed by atoms with E-state index in [1.807, 2.05) is 12.1 Å². The number of methoxy groups -OCH3 is 1. The van der Waals surface area contributed by atoms with Crippen LogP contribution >= 0.6 is 0 Å². The molecule has 4 heteroatoms. The number of aryl methyl sites for hydroxylation is 1. The molecule has 0 bridgehead atoms. The second-order valence-electron chi connectivity index (χ2n) is 3.71. The van der Waals surface area contributed by atoms with Crippen LogP contribution in [0.2, 0.25) is 0 Å². The van der Waals surface area contributed by atoms with E-state index in [-0.39, 0.29) is 18.3 Å². The number of ether oxygens (including phenoxy) is 1. The van der Waals surface area contributed by atoms with Crippen LogP contribution in [0.15, 0.2) is 36.5 Å². The molecular weight excluding hydrogens is 230 g/mol. The first-order valence-corrected chi connectivity index (χ1v) is 5.77. The summed E-state index contributed by atoms with van der Waals surface area (Å²) in [6, 6.07) is 7.46. The van der Waals surface area contributed by atoms with Crippen LogP contribution in [0.3, 0.4) is 0 Å². The van der Waals surface area contributed by atoms with Crippen LogP contribution < -0.4 is 5.32 Å². The van der Waals surface area contributed by atoms with Gasteiger partial charge in [-0.2, -0.15) is 0 Å². The number of hydrogen-bond acceptors (Lipinski definition) is 4. The number of allylic oxidation sites excluding steroid dienone is 1. The van der Waals surface area contributed by atoms with Crippen molar-refractivity contribution in [2.75, 3.05) is 13.7 Å². The lowest BCUT2D eigenvalue weighted by molar-refractivity contribution is -0.139. The minimum atomic E-state index is -0.376. The number of rotatable bonds is 6. The molecule has 0 saturated heterocycles. The van der Waals surface area contributed by atoms with Crippen LogP contribution in [0.25, 0.3) is 0 Å². The molecule has 0 heterocycles. The van der Waals surface area contributed by atoms with Gasteiger partial charge < -0.3 is 10.1 Å². The van der Waals surface area contributed by atoms with Crippen LogP contribution in [-0.4, -0.2) is 25.4 Å². The Balaban J connectivity index is 2.48. The van der Waals surface area contributed by atoms with Crippen molar-refractivity contribution in [2.45, 2.75) is 13.3 Å². The Morgan fingerprint density at radius 1 is 1.28 bits per heavy atom. The van der Waals surface area contributed by atoms with Crippen molar-refractivity contribution in [2.24, 2.45) is 0 Å². The Morgan fingerprint density at radius 3 is 2.50 bits per heavy atom. The van der Waals surface area contributed by atoms with Crippen LogP contribution in [-0.2, 0) is 16.0 Å². The zero-order chi connectivity index (χ0) is 13.4. The molecule has 0 atom stereocenters. The van der Waals surface area contributed by atoms with Gasteiger partial charge in [0.15, 0.2) is 5.78 Å². The Bertz CT molecular complexity index is 435. The Kier molecular flexibility index (Phi) is 5.64. The Morgan fingerprint density at radius 2 is 1.94 bits per heavy atom. The number of nitrogens with one attached hydrogen (secondary N) is 1. The van der Waals surface area contributed by atoms with E-state index >= 15 is 0 Å². The average Bonchev–Trinajstić information content (AvgIpc) is 2.43. The number of ketones is 1. The largest absolute Gasteiger partial charge is 0.468 e. The topological polar surface area (TPSA) is 55.4 Å². The van der Waals surface area contributed by atoms with Crippen LogP contribution in [0.1, 0.15) is 22.8 Å². The van der Waals surface area contributed by atoms with E-state index in [1.54, 1.807) is 12.1 Å². The summed E-state index contributed by atoms with van der Waals surface area (Å²) in [6.07, 6.45) is 3.79. The lowest BCUT2D eigenvalue weighted by atomic mass is 10.1. The van der Waals surface area contributed by atoms with Crippen molar-refractivity contribution in [3.63, 3.8) is 0 Å². The van der Waals surface area contributed by atoms with Crippen LogP contribution in [0.5, 0.6) is 0 Å². The number of esters is 1. The van der Waals surface area contributed by atoms with Gasteiger partial charge >= 0.3 is 5.97 Å². The van der Waals surface area contributed by atoms with Gasteiger partial charge in [0.2, 0.25) is 0 Å². The summed E-state index contributed by atoms with van der Waals surface area (Å²) in [5, 5.41) is 2.68. The Hall–Kier alpha value is -2.10. The highest BCUT2D eigenvalue weighted by molar-refractivity contribution is 6.04. The maximum atomic E-state index is 11.7. The van der Waals surface area contributed by atoms with Crippen LogP contribution in [0.4, 0.5) is 0 Å². The summed E-state index contributed by atoms with van der Waals surface area (Å²) in [4.78, 5) is 22.5. The maximum Gasteiger partial charge on any atom is 0.325 e. The highest BCUT2D eigenvalue weighted by Crippen LogP contribution is 2.06. The van der Waals surface area contributed by atoms with Gasteiger partial charge in [-0.1, -0.05) is 31.2 Å². The maximum absolute atomic E-state index is 11.7. The van der Waals surface area contributed by atoms with Crippen LogP contribution in [0, 0.1) is 0 Å². The van der Waals surface area contributed by atoms with Crippen molar-refractivity contribution in [1.29, 1.82) is 0 Å². The molecule has 1 aromatic rings. The van der Waals surface area contributed by atoms with E-state index in [1.165, 1.54) is 24.9 Å². The summed E-state index contributed by atoms with van der Waals surface area (Å²) in [5.41, 5.74) is 1.82. The van der Waals surface area contributed by atoms with E-state index in [0.29, 0.717) is 5.56 Å². The molecule has 96 valence electrons. The summed E-state index contributed by atoms with van der Waals surface area (Å²) < 4.78 is 4.45. The standard InChI is InChI=1S/C14H17NO3/c1-3-11-4-6-12(7-5-11)13(16)8-9-15-10-14(17)18-2/h4-9,15H,3,10H2,1-2H3/b9-8+. The van der Waals surface area contributed by atoms with E-state index in [0.717, 1.165) is 6.42 Å². The fraction of sp³-hybridized carbons (Fsp3) is 0.286. The molecule has 1 aromatic carbocycles. The monoisotopic (exact) mass is 247 g/mol. The third-order valence-electron chi connectivity index (χ3n) is 2.47. The average molecular weight is 247 g/mol. The summed E-state index contributed by atoms with van der Waals surface area (Å²) in [6.45, 7) is 2.11. The summed E-state index contributed by atoms with van der Waals surface area (Å²) in [7, 11) is 1.31. The van der Waals surface area contributed by atoms with Gasteiger partial charge in [0.25, 0.3) is 0 Å². The minimum absolute atomic E-state index is 0.0506. The highest BCUT2D eigenvalue weighted by atomic mass is 16.5. The first kappa shape index (κ1) is 14.0. The zero-order valence-electron chi connectivity index (χ0n) is 10.6.